The molecule has 0 radical (unpaired) electrons. The first-order valence-electron chi connectivity index (χ1n) is 6.83. The number of amides is 1. The van der Waals surface area contributed by atoms with Crippen LogP contribution in [-0.4, -0.2) is 42.1 Å². The van der Waals surface area contributed by atoms with E-state index in [0.717, 1.165) is 22.9 Å². The Bertz CT molecular complexity index is 496. The Kier molecular flexibility index (Phi) is 7.71. The van der Waals surface area contributed by atoms with E-state index in [1.165, 1.54) is 11.3 Å². The summed E-state index contributed by atoms with van der Waals surface area (Å²) < 4.78 is 5.30. The maximum absolute atomic E-state index is 11.9. The molecule has 0 bridgehead atoms. The minimum absolute atomic E-state index is 0.0416. The normalized spacial score (nSPS) is 11.0. The van der Waals surface area contributed by atoms with E-state index >= 15 is 0 Å². The van der Waals surface area contributed by atoms with Crippen LogP contribution in [0.3, 0.4) is 0 Å². The summed E-state index contributed by atoms with van der Waals surface area (Å²) in [5.41, 5.74) is 0.996. The maximum atomic E-state index is 11.9. The van der Waals surface area contributed by atoms with Gasteiger partial charge >= 0.3 is 5.97 Å². The standard InChI is InChI=1S/C15H21NO4S/c1-3-7-20-8-6-14(17)16(2)10-12-9-13(21-11-12)4-5-15(18)19/h4-5,9,11H,3,6-8,10H2,1-2H3,(H,18,19). The third kappa shape index (κ3) is 7.06. The number of carboxylic acids is 1. The van der Waals surface area contributed by atoms with Gasteiger partial charge in [-0.1, -0.05) is 6.92 Å². The van der Waals surface area contributed by atoms with Crippen LogP contribution in [0.4, 0.5) is 0 Å². The first-order chi connectivity index (χ1) is 10.0. The molecule has 0 fully saturated rings. The zero-order valence-electron chi connectivity index (χ0n) is 12.4. The van der Waals surface area contributed by atoms with Crippen LogP contribution in [0.25, 0.3) is 6.08 Å². The number of carbonyl (C=O) groups excluding carboxylic acids is 1. The molecule has 1 heterocycles. The van der Waals surface area contributed by atoms with Gasteiger partial charge in [0.05, 0.1) is 13.0 Å². The second kappa shape index (κ2) is 9.31. The predicted octanol–water partition coefficient (Wildman–Crippen LogP) is 2.62. The van der Waals surface area contributed by atoms with Crippen molar-refractivity contribution in [2.75, 3.05) is 20.3 Å². The lowest BCUT2D eigenvalue weighted by atomic mass is 10.2. The van der Waals surface area contributed by atoms with Crippen LogP contribution in [-0.2, 0) is 20.9 Å². The molecule has 0 unspecified atom stereocenters. The number of aliphatic carboxylic acids is 1. The SMILES string of the molecule is CCCOCCC(=O)N(C)Cc1csc(C=CC(=O)O)c1. The van der Waals surface area contributed by atoms with E-state index in [2.05, 4.69) is 0 Å². The van der Waals surface area contributed by atoms with Gasteiger partial charge in [-0.15, -0.1) is 11.3 Å². The molecule has 0 atom stereocenters. The number of ether oxygens (including phenoxy) is 1. The molecule has 116 valence electrons. The highest BCUT2D eigenvalue weighted by molar-refractivity contribution is 7.11. The smallest absolute Gasteiger partial charge is 0.328 e. The van der Waals surface area contributed by atoms with Crippen molar-refractivity contribution in [2.24, 2.45) is 0 Å². The monoisotopic (exact) mass is 311 g/mol. The summed E-state index contributed by atoms with van der Waals surface area (Å²) in [7, 11) is 1.76. The van der Waals surface area contributed by atoms with Gasteiger partial charge in [0.15, 0.2) is 0 Å². The van der Waals surface area contributed by atoms with E-state index in [1.54, 1.807) is 18.0 Å². The quantitative estimate of drug-likeness (QED) is 0.562. The summed E-state index contributed by atoms with van der Waals surface area (Å²) in [6.45, 7) is 3.68. The number of hydrogen-bond acceptors (Lipinski definition) is 4. The summed E-state index contributed by atoms with van der Waals surface area (Å²) in [6, 6.07) is 1.89. The molecule has 0 aliphatic heterocycles. The molecule has 1 rings (SSSR count). The Morgan fingerprint density at radius 3 is 2.86 bits per heavy atom. The summed E-state index contributed by atoms with van der Waals surface area (Å²) in [5, 5.41) is 10.5. The van der Waals surface area contributed by atoms with Crippen LogP contribution in [0.15, 0.2) is 17.5 Å². The van der Waals surface area contributed by atoms with E-state index in [9.17, 15) is 9.59 Å². The Labute approximate surface area is 128 Å². The Balaban J connectivity index is 2.41. The molecule has 6 heteroatoms. The number of carbonyl (C=O) groups is 2. The number of carboxylic acid groups (broad SMARTS) is 1. The first-order valence-corrected chi connectivity index (χ1v) is 7.71. The third-order valence-corrected chi connectivity index (χ3v) is 3.67. The van der Waals surface area contributed by atoms with Crippen molar-refractivity contribution in [3.63, 3.8) is 0 Å². The molecular weight excluding hydrogens is 290 g/mol. The fourth-order valence-electron chi connectivity index (χ4n) is 1.68. The average Bonchev–Trinajstić information content (AvgIpc) is 2.88. The molecule has 1 aromatic heterocycles. The van der Waals surface area contributed by atoms with Gasteiger partial charge in [-0.05, 0) is 29.5 Å². The minimum Gasteiger partial charge on any atom is -0.478 e. The van der Waals surface area contributed by atoms with Crippen LogP contribution in [0.1, 0.15) is 30.2 Å². The zero-order valence-corrected chi connectivity index (χ0v) is 13.2. The topological polar surface area (TPSA) is 66.8 Å². The first kappa shape index (κ1) is 17.4. The van der Waals surface area contributed by atoms with E-state index in [4.69, 9.17) is 9.84 Å². The molecule has 1 N–H and O–H groups in total. The lowest BCUT2D eigenvalue weighted by Gasteiger charge is -2.16. The van der Waals surface area contributed by atoms with Gasteiger partial charge in [0.1, 0.15) is 0 Å². The highest BCUT2D eigenvalue weighted by Gasteiger charge is 2.10. The molecule has 1 aromatic rings. The van der Waals surface area contributed by atoms with Crippen LogP contribution in [0.2, 0.25) is 0 Å². The van der Waals surface area contributed by atoms with E-state index in [-0.39, 0.29) is 5.91 Å². The Morgan fingerprint density at radius 1 is 1.43 bits per heavy atom. The van der Waals surface area contributed by atoms with Crippen molar-refractivity contribution in [2.45, 2.75) is 26.3 Å². The highest BCUT2D eigenvalue weighted by Crippen LogP contribution is 2.17. The number of nitrogens with zero attached hydrogens (tertiary/aromatic N) is 1. The van der Waals surface area contributed by atoms with Crippen LogP contribution in [0, 0.1) is 0 Å². The number of thiophene rings is 1. The van der Waals surface area contributed by atoms with Crippen LogP contribution < -0.4 is 0 Å². The number of hydrogen-bond donors (Lipinski definition) is 1. The van der Waals surface area contributed by atoms with Gasteiger partial charge in [0, 0.05) is 31.2 Å². The van der Waals surface area contributed by atoms with Gasteiger partial charge in [-0.2, -0.15) is 0 Å². The van der Waals surface area contributed by atoms with Crippen LogP contribution >= 0.6 is 11.3 Å². The molecule has 0 aliphatic rings. The Morgan fingerprint density at radius 2 is 2.19 bits per heavy atom. The van der Waals surface area contributed by atoms with Crippen molar-refractivity contribution >= 4 is 29.3 Å². The molecule has 0 saturated carbocycles. The highest BCUT2D eigenvalue weighted by atomic mass is 32.1. The maximum Gasteiger partial charge on any atom is 0.328 e. The second-order valence-electron chi connectivity index (χ2n) is 4.64. The molecule has 1 amide bonds. The lowest BCUT2D eigenvalue weighted by Crippen LogP contribution is -2.26. The van der Waals surface area contributed by atoms with E-state index in [0.29, 0.717) is 26.2 Å². The van der Waals surface area contributed by atoms with Gasteiger partial charge in [-0.3, -0.25) is 4.79 Å². The van der Waals surface area contributed by atoms with Gasteiger partial charge in [0.2, 0.25) is 5.91 Å². The van der Waals surface area contributed by atoms with E-state index < -0.39 is 5.97 Å². The lowest BCUT2D eigenvalue weighted by molar-refractivity contribution is -0.132. The number of rotatable bonds is 9. The Hall–Kier alpha value is -1.66. The van der Waals surface area contributed by atoms with Gasteiger partial charge < -0.3 is 14.7 Å². The van der Waals surface area contributed by atoms with Crippen molar-refractivity contribution < 1.29 is 19.4 Å². The largest absolute Gasteiger partial charge is 0.478 e. The molecule has 21 heavy (non-hydrogen) atoms. The van der Waals surface area contributed by atoms with Crippen molar-refractivity contribution in [3.05, 3.63) is 28.0 Å². The fraction of sp³-hybridized carbons (Fsp3) is 0.467. The second-order valence-corrected chi connectivity index (χ2v) is 5.58. The minimum atomic E-state index is -0.968. The fourth-order valence-corrected chi connectivity index (χ4v) is 2.47. The van der Waals surface area contributed by atoms with Crippen molar-refractivity contribution in [1.29, 1.82) is 0 Å². The molecule has 0 saturated heterocycles. The zero-order chi connectivity index (χ0) is 15.7. The van der Waals surface area contributed by atoms with Crippen LogP contribution in [0.5, 0.6) is 0 Å². The predicted molar refractivity (Wildman–Crippen MR) is 83.2 cm³/mol. The summed E-state index contributed by atoms with van der Waals surface area (Å²) >= 11 is 1.46. The molecule has 0 aliphatic carbocycles. The van der Waals surface area contributed by atoms with Gasteiger partial charge in [0.25, 0.3) is 0 Å². The third-order valence-electron chi connectivity index (χ3n) is 2.72. The molecular formula is C15H21NO4S. The molecule has 0 aromatic carbocycles. The average molecular weight is 311 g/mol. The van der Waals surface area contributed by atoms with E-state index in [1.807, 2.05) is 18.4 Å². The van der Waals surface area contributed by atoms with Gasteiger partial charge in [-0.25, -0.2) is 4.79 Å². The molecule has 5 nitrogen and oxygen atoms in total. The van der Waals surface area contributed by atoms with Crippen molar-refractivity contribution in [3.8, 4) is 0 Å². The van der Waals surface area contributed by atoms with Crippen molar-refractivity contribution in [1.82, 2.24) is 4.90 Å². The summed E-state index contributed by atoms with van der Waals surface area (Å²) in [5.74, 6) is -0.927. The summed E-state index contributed by atoms with van der Waals surface area (Å²) in [4.78, 5) is 24.9. The molecule has 0 spiro atoms. The summed E-state index contributed by atoms with van der Waals surface area (Å²) in [6.07, 6.45) is 3.99.